The van der Waals surface area contributed by atoms with Crippen LogP contribution in [0.5, 0.6) is 0 Å². The molecule has 0 aromatic heterocycles. The van der Waals surface area contributed by atoms with E-state index >= 15 is 0 Å². The molecule has 0 spiro atoms. The molecular formula is C19H23F5. The van der Waals surface area contributed by atoms with Gasteiger partial charge in [0.15, 0.2) is 0 Å². The van der Waals surface area contributed by atoms with E-state index in [-0.39, 0.29) is 0 Å². The molecule has 0 unspecified atom stereocenters. The van der Waals surface area contributed by atoms with Crippen molar-refractivity contribution in [1.82, 2.24) is 0 Å². The Hall–Kier alpha value is -1.39. The summed E-state index contributed by atoms with van der Waals surface area (Å²) in [7, 11) is 0. The maximum Gasteiger partial charge on any atom is 0.422 e. The molecule has 1 fully saturated rings. The normalized spacial score (nSPS) is 22.2. The van der Waals surface area contributed by atoms with Crippen molar-refractivity contribution in [1.29, 1.82) is 0 Å². The van der Waals surface area contributed by atoms with Crippen molar-refractivity contribution < 1.29 is 22.0 Å². The van der Waals surface area contributed by atoms with Gasteiger partial charge in [-0.25, -0.2) is 8.78 Å². The maximum absolute atomic E-state index is 13.6. The highest BCUT2D eigenvalue weighted by molar-refractivity contribution is 5.28. The van der Waals surface area contributed by atoms with Gasteiger partial charge in [0.2, 0.25) is 0 Å². The van der Waals surface area contributed by atoms with Gasteiger partial charge in [0.05, 0.1) is 0 Å². The van der Waals surface area contributed by atoms with E-state index in [2.05, 4.69) is 19.1 Å². The topological polar surface area (TPSA) is 0 Å². The van der Waals surface area contributed by atoms with Crippen molar-refractivity contribution in [3.63, 3.8) is 0 Å². The summed E-state index contributed by atoms with van der Waals surface area (Å²) >= 11 is 0. The maximum atomic E-state index is 13.6. The largest absolute Gasteiger partial charge is 0.422 e. The Labute approximate surface area is 139 Å². The van der Waals surface area contributed by atoms with E-state index in [1.807, 2.05) is 0 Å². The van der Waals surface area contributed by atoms with Gasteiger partial charge in [-0.2, -0.15) is 13.2 Å². The lowest BCUT2D eigenvalue weighted by Gasteiger charge is -2.26. The van der Waals surface area contributed by atoms with E-state index in [9.17, 15) is 22.0 Å². The fourth-order valence-corrected chi connectivity index (χ4v) is 3.41. The van der Waals surface area contributed by atoms with Crippen molar-refractivity contribution >= 4 is 0 Å². The fraction of sp³-hybridized carbons (Fsp3) is 0.579. The second-order valence-corrected chi connectivity index (χ2v) is 6.59. The Balaban J connectivity index is 1.91. The van der Waals surface area contributed by atoms with Gasteiger partial charge in [-0.05, 0) is 74.5 Å². The molecule has 5 heteroatoms. The van der Waals surface area contributed by atoms with Crippen LogP contribution in [0.25, 0.3) is 0 Å². The summed E-state index contributed by atoms with van der Waals surface area (Å²) < 4.78 is 64.8. The SMILES string of the molecule is CC/C=C/[C@H]1CC[C@H](CCc2cc(F)c(C(F)(F)F)c(F)c2)CC1. The summed E-state index contributed by atoms with van der Waals surface area (Å²) in [6.07, 6.45) is 5.97. The lowest BCUT2D eigenvalue weighted by Crippen LogP contribution is -2.14. The number of hydrogen-bond acceptors (Lipinski definition) is 0. The number of alkyl halides is 3. The minimum absolute atomic E-state index is 0.297. The van der Waals surface area contributed by atoms with Gasteiger partial charge < -0.3 is 0 Å². The molecule has 1 aliphatic carbocycles. The van der Waals surface area contributed by atoms with Crippen LogP contribution >= 0.6 is 0 Å². The molecule has 0 radical (unpaired) electrons. The molecule has 0 saturated heterocycles. The van der Waals surface area contributed by atoms with Gasteiger partial charge in [-0.15, -0.1) is 0 Å². The summed E-state index contributed by atoms with van der Waals surface area (Å²) in [6.45, 7) is 2.10. The molecule has 0 N–H and O–H groups in total. The minimum atomic E-state index is -5.00. The highest BCUT2D eigenvalue weighted by Crippen LogP contribution is 2.35. The van der Waals surface area contributed by atoms with Crippen LogP contribution in [0.4, 0.5) is 22.0 Å². The van der Waals surface area contributed by atoms with E-state index in [1.165, 1.54) is 0 Å². The van der Waals surface area contributed by atoms with Crippen LogP contribution in [0, 0.1) is 23.5 Å². The third kappa shape index (κ3) is 5.05. The Morgan fingerprint density at radius 1 is 1.04 bits per heavy atom. The van der Waals surface area contributed by atoms with E-state index in [0.717, 1.165) is 50.7 Å². The fourth-order valence-electron chi connectivity index (χ4n) is 3.41. The number of benzene rings is 1. The summed E-state index contributed by atoms with van der Waals surface area (Å²) in [6, 6.07) is 1.64. The average molecular weight is 346 g/mol. The monoisotopic (exact) mass is 346 g/mol. The van der Waals surface area contributed by atoms with Gasteiger partial charge in [0.1, 0.15) is 17.2 Å². The molecule has 24 heavy (non-hydrogen) atoms. The van der Waals surface area contributed by atoms with Crippen LogP contribution in [0.2, 0.25) is 0 Å². The molecule has 0 atom stereocenters. The van der Waals surface area contributed by atoms with Crippen LogP contribution in [0.1, 0.15) is 56.6 Å². The zero-order valence-electron chi connectivity index (χ0n) is 13.8. The molecule has 134 valence electrons. The quantitative estimate of drug-likeness (QED) is 0.411. The van der Waals surface area contributed by atoms with Crippen molar-refractivity contribution in [3.8, 4) is 0 Å². The molecular weight excluding hydrogens is 323 g/mol. The molecule has 0 amide bonds. The summed E-state index contributed by atoms with van der Waals surface area (Å²) in [5, 5.41) is 0. The predicted octanol–water partition coefficient (Wildman–Crippen LogP) is 6.69. The third-order valence-corrected chi connectivity index (χ3v) is 4.76. The highest BCUT2D eigenvalue weighted by atomic mass is 19.4. The second-order valence-electron chi connectivity index (χ2n) is 6.59. The molecule has 1 aromatic carbocycles. The van der Waals surface area contributed by atoms with Gasteiger partial charge in [-0.1, -0.05) is 19.1 Å². The zero-order chi connectivity index (χ0) is 17.7. The van der Waals surface area contributed by atoms with Crippen LogP contribution < -0.4 is 0 Å². The Kier molecular flexibility index (Phi) is 6.41. The minimum Gasteiger partial charge on any atom is -0.206 e. The van der Waals surface area contributed by atoms with Gasteiger partial charge in [0.25, 0.3) is 0 Å². The summed E-state index contributed by atoms with van der Waals surface area (Å²) in [5.41, 5.74) is -1.50. The third-order valence-electron chi connectivity index (χ3n) is 4.76. The lowest BCUT2D eigenvalue weighted by atomic mass is 9.79. The smallest absolute Gasteiger partial charge is 0.206 e. The molecule has 2 rings (SSSR count). The van der Waals surface area contributed by atoms with Crippen LogP contribution in [0.3, 0.4) is 0 Å². The lowest BCUT2D eigenvalue weighted by molar-refractivity contribution is -0.142. The standard InChI is InChI=1S/C19H23F5/c1-2-3-4-13-5-7-14(8-6-13)9-10-15-11-16(20)18(17(21)12-15)19(22,23)24/h3-4,11-14H,2,5-10H2,1H3/b4-3+/t13-,14-. The molecule has 0 heterocycles. The molecule has 0 nitrogen and oxygen atoms in total. The Morgan fingerprint density at radius 2 is 1.62 bits per heavy atom. The summed E-state index contributed by atoms with van der Waals surface area (Å²) in [4.78, 5) is 0. The van der Waals surface area contributed by atoms with Crippen LogP contribution in [0.15, 0.2) is 24.3 Å². The Morgan fingerprint density at radius 3 is 2.12 bits per heavy atom. The van der Waals surface area contributed by atoms with Gasteiger partial charge in [-0.3, -0.25) is 0 Å². The van der Waals surface area contributed by atoms with Crippen LogP contribution in [-0.4, -0.2) is 0 Å². The molecule has 1 aliphatic rings. The molecule has 1 saturated carbocycles. The van der Waals surface area contributed by atoms with Gasteiger partial charge >= 0.3 is 6.18 Å². The number of hydrogen-bond donors (Lipinski definition) is 0. The Bertz CT molecular complexity index is 543. The predicted molar refractivity (Wildman–Crippen MR) is 84.6 cm³/mol. The van der Waals surface area contributed by atoms with E-state index in [4.69, 9.17) is 0 Å². The first-order chi connectivity index (χ1) is 11.3. The van der Waals surface area contributed by atoms with Crippen LogP contribution in [-0.2, 0) is 12.6 Å². The van der Waals surface area contributed by atoms with Crippen molar-refractivity contribution in [2.24, 2.45) is 11.8 Å². The summed E-state index contributed by atoms with van der Waals surface area (Å²) in [5.74, 6) is -1.95. The molecule has 0 aliphatic heterocycles. The highest BCUT2D eigenvalue weighted by Gasteiger charge is 2.37. The van der Waals surface area contributed by atoms with Crippen molar-refractivity contribution in [2.75, 3.05) is 0 Å². The average Bonchev–Trinajstić information content (AvgIpc) is 2.50. The van der Waals surface area contributed by atoms with Crippen molar-refractivity contribution in [3.05, 3.63) is 47.0 Å². The first-order valence-electron chi connectivity index (χ1n) is 8.53. The number of aryl methyl sites for hydroxylation is 1. The zero-order valence-corrected chi connectivity index (χ0v) is 13.8. The van der Waals surface area contributed by atoms with E-state index in [0.29, 0.717) is 23.8 Å². The van der Waals surface area contributed by atoms with E-state index < -0.39 is 23.4 Å². The van der Waals surface area contributed by atoms with E-state index in [1.54, 1.807) is 0 Å². The number of rotatable bonds is 5. The number of allylic oxidation sites excluding steroid dienone is 2. The van der Waals surface area contributed by atoms with Crippen molar-refractivity contribution in [2.45, 2.75) is 58.0 Å². The molecule has 1 aromatic rings. The number of halogens is 5. The van der Waals surface area contributed by atoms with Gasteiger partial charge in [0, 0.05) is 0 Å². The second kappa shape index (κ2) is 8.13. The first-order valence-corrected chi connectivity index (χ1v) is 8.53. The first kappa shape index (κ1) is 18.9. The molecule has 0 bridgehead atoms.